The van der Waals surface area contributed by atoms with Crippen molar-refractivity contribution in [3.63, 3.8) is 0 Å². The average molecular weight is 218 g/mol. The molecule has 1 N–H and O–H groups in total. The van der Waals surface area contributed by atoms with Gasteiger partial charge in [-0.25, -0.2) is 0 Å². The Kier molecular flexibility index (Phi) is 3.59. The molecular weight excluding hydrogens is 206 g/mol. The number of alkyl halides is 1. The summed E-state index contributed by atoms with van der Waals surface area (Å²) in [5.41, 5.74) is 1.09. The summed E-state index contributed by atoms with van der Waals surface area (Å²) in [6, 6.07) is 2.02. The third-order valence-electron chi connectivity index (χ3n) is 1.35. The van der Waals surface area contributed by atoms with Gasteiger partial charge in [-0.2, -0.15) is 5.10 Å². The zero-order valence-electron chi connectivity index (χ0n) is 6.55. The summed E-state index contributed by atoms with van der Waals surface area (Å²) in [6.07, 6.45) is 1.95. The fourth-order valence-electron chi connectivity index (χ4n) is 0.841. The molecule has 1 aromatic rings. The lowest BCUT2D eigenvalue weighted by Crippen LogP contribution is -2.15. The number of halogens is 1. The van der Waals surface area contributed by atoms with Gasteiger partial charge in [-0.15, -0.1) is 0 Å². The first kappa shape index (κ1) is 8.74. The van der Waals surface area contributed by atoms with Gasteiger partial charge in [-0.3, -0.25) is 4.68 Å². The average Bonchev–Trinajstić information content (AvgIpc) is 2.37. The van der Waals surface area contributed by atoms with Crippen molar-refractivity contribution >= 4 is 15.9 Å². The van der Waals surface area contributed by atoms with E-state index in [0.717, 1.165) is 24.1 Å². The Morgan fingerprint density at radius 3 is 3.09 bits per heavy atom. The van der Waals surface area contributed by atoms with E-state index in [4.69, 9.17) is 0 Å². The third kappa shape index (κ3) is 3.03. The smallest absolute Gasteiger partial charge is 0.0762 e. The van der Waals surface area contributed by atoms with Crippen molar-refractivity contribution in [2.24, 2.45) is 7.05 Å². The Balaban J connectivity index is 2.27. The van der Waals surface area contributed by atoms with Crippen molar-refractivity contribution in [3.05, 3.63) is 18.0 Å². The van der Waals surface area contributed by atoms with Crippen LogP contribution >= 0.6 is 15.9 Å². The standard InChI is InChI=1S/C7H12BrN3/c1-11-5-2-7(10-11)6-9-4-3-8/h2,5,9H,3-4,6H2,1H3. The van der Waals surface area contributed by atoms with Crippen molar-refractivity contribution in [1.29, 1.82) is 0 Å². The number of hydrogen-bond acceptors (Lipinski definition) is 2. The summed E-state index contributed by atoms with van der Waals surface area (Å²) in [6.45, 7) is 1.84. The summed E-state index contributed by atoms with van der Waals surface area (Å²) in [4.78, 5) is 0. The molecule has 0 saturated heterocycles. The topological polar surface area (TPSA) is 29.9 Å². The molecule has 62 valence electrons. The quantitative estimate of drug-likeness (QED) is 0.601. The van der Waals surface area contributed by atoms with Gasteiger partial charge in [0.05, 0.1) is 5.69 Å². The van der Waals surface area contributed by atoms with E-state index in [-0.39, 0.29) is 0 Å². The number of aryl methyl sites for hydroxylation is 1. The molecule has 0 radical (unpaired) electrons. The van der Waals surface area contributed by atoms with Gasteiger partial charge in [0.15, 0.2) is 0 Å². The third-order valence-corrected chi connectivity index (χ3v) is 1.74. The Hall–Kier alpha value is -0.350. The van der Waals surface area contributed by atoms with Gasteiger partial charge in [-0.1, -0.05) is 15.9 Å². The van der Waals surface area contributed by atoms with Gasteiger partial charge in [0.25, 0.3) is 0 Å². The number of rotatable bonds is 4. The maximum atomic E-state index is 4.22. The SMILES string of the molecule is Cn1ccc(CNCCBr)n1. The van der Waals surface area contributed by atoms with Crippen LogP contribution in [0.3, 0.4) is 0 Å². The molecule has 0 atom stereocenters. The van der Waals surface area contributed by atoms with Crippen molar-refractivity contribution in [2.45, 2.75) is 6.54 Å². The number of nitrogens with one attached hydrogen (secondary N) is 1. The predicted octanol–water partition coefficient (Wildman–Crippen LogP) is 0.905. The molecule has 0 aliphatic carbocycles. The van der Waals surface area contributed by atoms with Gasteiger partial charge in [0.1, 0.15) is 0 Å². The summed E-state index contributed by atoms with van der Waals surface area (Å²) < 4.78 is 1.81. The second-order valence-electron chi connectivity index (χ2n) is 2.35. The summed E-state index contributed by atoms with van der Waals surface area (Å²) in [7, 11) is 1.92. The van der Waals surface area contributed by atoms with Gasteiger partial charge in [-0.05, 0) is 6.07 Å². The van der Waals surface area contributed by atoms with E-state index in [1.807, 2.05) is 24.0 Å². The van der Waals surface area contributed by atoms with E-state index in [9.17, 15) is 0 Å². The molecule has 0 aromatic carbocycles. The van der Waals surface area contributed by atoms with E-state index in [1.54, 1.807) is 0 Å². The van der Waals surface area contributed by atoms with Gasteiger partial charge in [0, 0.05) is 31.7 Å². The largest absolute Gasteiger partial charge is 0.310 e. The van der Waals surface area contributed by atoms with Gasteiger partial charge in [0.2, 0.25) is 0 Å². The lowest BCUT2D eigenvalue weighted by molar-refractivity contribution is 0.681. The van der Waals surface area contributed by atoms with Gasteiger partial charge < -0.3 is 5.32 Å². The molecule has 0 bridgehead atoms. The molecule has 1 rings (SSSR count). The number of aromatic nitrogens is 2. The number of nitrogens with zero attached hydrogens (tertiary/aromatic N) is 2. The predicted molar refractivity (Wildman–Crippen MR) is 48.7 cm³/mol. The van der Waals surface area contributed by atoms with Crippen LogP contribution in [0.1, 0.15) is 5.69 Å². The maximum Gasteiger partial charge on any atom is 0.0762 e. The highest BCUT2D eigenvalue weighted by molar-refractivity contribution is 9.09. The summed E-state index contributed by atoms with van der Waals surface area (Å²) in [5, 5.41) is 8.45. The van der Waals surface area contributed by atoms with Crippen LogP contribution in [0.2, 0.25) is 0 Å². The molecule has 11 heavy (non-hydrogen) atoms. The minimum Gasteiger partial charge on any atom is -0.310 e. The molecule has 0 saturated carbocycles. The minimum atomic E-state index is 0.854. The first-order valence-electron chi connectivity index (χ1n) is 3.58. The Morgan fingerprint density at radius 1 is 1.73 bits per heavy atom. The molecule has 0 spiro atoms. The molecule has 1 heterocycles. The number of hydrogen-bond donors (Lipinski definition) is 1. The van der Waals surface area contributed by atoms with Crippen LogP contribution in [0.5, 0.6) is 0 Å². The fourth-order valence-corrected chi connectivity index (χ4v) is 1.12. The zero-order valence-corrected chi connectivity index (χ0v) is 8.13. The lowest BCUT2D eigenvalue weighted by atomic mass is 10.4. The van der Waals surface area contributed by atoms with Crippen LogP contribution in [0.15, 0.2) is 12.3 Å². The molecule has 3 nitrogen and oxygen atoms in total. The molecule has 0 aliphatic heterocycles. The molecule has 1 aromatic heterocycles. The minimum absolute atomic E-state index is 0.854. The highest BCUT2D eigenvalue weighted by Crippen LogP contribution is 1.92. The molecule has 0 aliphatic rings. The van der Waals surface area contributed by atoms with Crippen molar-refractivity contribution < 1.29 is 0 Å². The zero-order chi connectivity index (χ0) is 8.10. The van der Waals surface area contributed by atoms with E-state index in [0.29, 0.717) is 0 Å². The van der Waals surface area contributed by atoms with Crippen LogP contribution in [-0.4, -0.2) is 21.7 Å². The Morgan fingerprint density at radius 2 is 2.55 bits per heavy atom. The highest BCUT2D eigenvalue weighted by Gasteiger charge is 1.93. The first-order chi connectivity index (χ1) is 5.33. The van der Waals surface area contributed by atoms with E-state index in [1.165, 1.54) is 0 Å². The van der Waals surface area contributed by atoms with Crippen LogP contribution in [0.25, 0.3) is 0 Å². The molecule has 0 fully saturated rings. The second-order valence-corrected chi connectivity index (χ2v) is 3.14. The first-order valence-corrected chi connectivity index (χ1v) is 4.70. The fraction of sp³-hybridized carbons (Fsp3) is 0.571. The Labute approximate surface area is 74.9 Å². The normalized spacial score (nSPS) is 10.4. The Bertz CT molecular complexity index is 209. The molecule has 0 unspecified atom stereocenters. The van der Waals surface area contributed by atoms with Crippen LogP contribution in [-0.2, 0) is 13.6 Å². The monoisotopic (exact) mass is 217 g/mol. The van der Waals surface area contributed by atoms with Gasteiger partial charge >= 0.3 is 0 Å². The summed E-state index contributed by atoms with van der Waals surface area (Å²) in [5.74, 6) is 0. The summed E-state index contributed by atoms with van der Waals surface area (Å²) >= 11 is 3.34. The molecule has 4 heteroatoms. The van der Waals surface area contributed by atoms with E-state index >= 15 is 0 Å². The molecule has 0 amide bonds. The molecular formula is C7H12BrN3. The van der Waals surface area contributed by atoms with Crippen molar-refractivity contribution in [1.82, 2.24) is 15.1 Å². The van der Waals surface area contributed by atoms with Crippen LogP contribution < -0.4 is 5.32 Å². The van der Waals surface area contributed by atoms with Crippen LogP contribution in [0, 0.1) is 0 Å². The van der Waals surface area contributed by atoms with Crippen LogP contribution in [0.4, 0.5) is 0 Å². The second kappa shape index (κ2) is 4.51. The highest BCUT2D eigenvalue weighted by atomic mass is 79.9. The maximum absolute atomic E-state index is 4.22. The van der Waals surface area contributed by atoms with E-state index in [2.05, 4.69) is 26.3 Å². The van der Waals surface area contributed by atoms with Crippen molar-refractivity contribution in [2.75, 3.05) is 11.9 Å². The lowest BCUT2D eigenvalue weighted by Gasteiger charge is -1.97. The van der Waals surface area contributed by atoms with E-state index < -0.39 is 0 Å². The van der Waals surface area contributed by atoms with Crippen molar-refractivity contribution in [3.8, 4) is 0 Å².